The summed E-state index contributed by atoms with van der Waals surface area (Å²) in [6.45, 7) is 0. The number of fused-ring (bicyclic) bond motifs is 1. The number of nitrogens with one attached hydrogen (secondary N) is 1. The first-order valence-electron chi connectivity index (χ1n) is 7.05. The average molecular weight is 281 g/mol. The normalized spacial score (nSPS) is 12.7. The van der Waals surface area contributed by atoms with Crippen molar-refractivity contribution in [3.8, 4) is 0 Å². The summed E-state index contributed by atoms with van der Waals surface area (Å²) in [4.78, 5) is 8.69. The molecule has 3 rings (SSSR count). The molecule has 0 amide bonds. The number of benzene rings is 1. The summed E-state index contributed by atoms with van der Waals surface area (Å²) in [6, 6.07) is 10.4. The molecule has 2 heterocycles. The van der Waals surface area contributed by atoms with Gasteiger partial charge in [-0.25, -0.2) is 4.98 Å². The summed E-state index contributed by atoms with van der Waals surface area (Å²) < 4.78 is 2.04. The smallest absolute Gasteiger partial charge is 0.108 e. The zero-order valence-corrected chi connectivity index (χ0v) is 12.0. The van der Waals surface area contributed by atoms with Gasteiger partial charge in [0.2, 0.25) is 0 Å². The van der Waals surface area contributed by atoms with Gasteiger partial charge in [0, 0.05) is 43.5 Å². The Morgan fingerprint density at radius 2 is 2.14 bits per heavy atom. The van der Waals surface area contributed by atoms with E-state index in [9.17, 15) is 0 Å². The lowest BCUT2D eigenvalue weighted by atomic mass is 10.0. The molecule has 0 saturated carbocycles. The molecule has 0 aliphatic carbocycles. The van der Waals surface area contributed by atoms with Crippen LogP contribution < -0.4 is 11.3 Å². The Labute approximate surface area is 123 Å². The highest BCUT2D eigenvalue weighted by molar-refractivity contribution is 5.79. The van der Waals surface area contributed by atoms with Crippen LogP contribution >= 0.6 is 0 Å². The van der Waals surface area contributed by atoms with Crippen LogP contribution in [0.25, 0.3) is 10.9 Å². The quantitative estimate of drug-likeness (QED) is 0.555. The molecule has 0 aliphatic rings. The van der Waals surface area contributed by atoms with E-state index in [1.807, 2.05) is 42.3 Å². The van der Waals surface area contributed by atoms with Gasteiger partial charge in [-0.1, -0.05) is 12.1 Å². The number of imidazole rings is 1. The van der Waals surface area contributed by atoms with E-state index < -0.39 is 0 Å². The minimum atomic E-state index is 0.103. The van der Waals surface area contributed by atoms with Gasteiger partial charge in [0.05, 0.1) is 5.52 Å². The number of nitrogens with two attached hydrogens (primary N) is 1. The van der Waals surface area contributed by atoms with Crippen molar-refractivity contribution in [2.24, 2.45) is 12.9 Å². The molecule has 0 saturated heterocycles. The molecule has 3 aromatic rings. The Bertz CT molecular complexity index is 734. The molecule has 1 atom stereocenters. The predicted molar refractivity (Wildman–Crippen MR) is 83.3 cm³/mol. The number of nitrogens with zero attached hydrogens (tertiary/aromatic N) is 3. The Kier molecular flexibility index (Phi) is 3.94. The Hall–Kier alpha value is -2.24. The van der Waals surface area contributed by atoms with E-state index in [1.165, 1.54) is 5.56 Å². The molecule has 21 heavy (non-hydrogen) atoms. The van der Waals surface area contributed by atoms with Crippen LogP contribution in [0.1, 0.15) is 23.9 Å². The van der Waals surface area contributed by atoms with Crippen LogP contribution in [0.5, 0.6) is 0 Å². The van der Waals surface area contributed by atoms with Gasteiger partial charge in [-0.3, -0.25) is 16.3 Å². The standard InChI is InChI=1S/C16H19N5/c1-21-10-9-19-16(21)7-6-15(20-17)13-4-5-14-12(11-13)3-2-8-18-14/h2-5,8-11,15,20H,6-7,17H2,1H3. The first kappa shape index (κ1) is 13.7. The topological polar surface area (TPSA) is 68.8 Å². The van der Waals surface area contributed by atoms with Crippen LogP contribution in [0.2, 0.25) is 0 Å². The fourth-order valence-corrected chi connectivity index (χ4v) is 2.57. The van der Waals surface area contributed by atoms with E-state index in [1.54, 1.807) is 0 Å². The molecular formula is C16H19N5. The van der Waals surface area contributed by atoms with Crippen LogP contribution in [-0.2, 0) is 13.5 Å². The second-order valence-electron chi connectivity index (χ2n) is 5.17. The molecule has 3 N–H and O–H groups in total. The van der Waals surface area contributed by atoms with E-state index in [0.29, 0.717) is 0 Å². The van der Waals surface area contributed by atoms with Crippen molar-refractivity contribution in [2.75, 3.05) is 0 Å². The lowest BCUT2D eigenvalue weighted by Gasteiger charge is -2.16. The maximum absolute atomic E-state index is 5.73. The van der Waals surface area contributed by atoms with E-state index in [4.69, 9.17) is 5.84 Å². The summed E-state index contributed by atoms with van der Waals surface area (Å²) >= 11 is 0. The van der Waals surface area contributed by atoms with Crippen LogP contribution in [0.3, 0.4) is 0 Å². The van der Waals surface area contributed by atoms with Gasteiger partial charge in [0.1, 0.15) is 5.82 Å². The first-order valence-corrected chi connectivity index (χ1v) is 7.05. The summed E-state index contributed by atoms with van der Waals surface area (Å²) in [5, 5.41) is 1.13. The number of hydrogen-bond donors (Lipinski definition) is 2. The molecule has 0 bridgehead atoms. The summed E-state index contributed by atoms with van der Waals surface area (Å²) in [5.41, 5.74) is 5.08. The molecule has 0 radical (unpaired) electrons. The van der Waals surface area contributed by atoms with Crippen LogP contribution in [0, 0.1) is 0 Å². The summed E-state index contributed by atoms with van der Waals surface area (Å²) in [5.74, 6) is 6.80. The molecule has 1 aromatic carbocycles. The number of pyridine rings is 1. The highest BCUT2D eigenvalue weighted by Gasteiger charge is 2.12. The number of rotatable bonds is 5. The van der Waals surface area contributed by atoms with Gasteiger partial charge >= 0.3 is 0 Å². The number of aryl methyl sites for hydroxylation is 2. The fraction of sp³-hybridized carbons (Fsp3) is 0.250. The largest absolute Gasteiger partial charge is 0.338 e. The second kappa shape index (κ2) is 6.03. The van der Waals surface area contributed by atoms with Crippen molar-refractivity contribution in [1.82, 2.24) is 20.0 Å². The zero-order chi connectivity index (χ0) is 14.7. The fourth-order valence-electron chi connectivity index (χ4n) is 2.57. The van der Waals surface area contributed by atoms with Gasteiger partial charge in [0.15, 0.2) is 0 Å². The van der Waals surface area contributed by atoms with E-state index in [-0.39, 0.29) is 6.04 Å². The maximum Gasteiger partial charge on any atom is 0.108 e. The Balaban J connectivity index is 1.79. The van der Waals surface area contributed by atoms with Crippen molar-refractivity contribution in [3.05, 3.63) is 60.3 Å². The van der Waals surface area contributed by atoms with Gasteiger partial charge in [0.25, 0.3) is 0 Å². The third kappa shape index (κ3) is 2.94. The molecule has 108 valence electrons. The first-order chi connectivity index (χ1) is 10.3. The van der Waals surface area contributed by atoms with E-state index >= 15 is 0 Å². The Morgan fingerprint density at radius 1 is 1.24 bits per heavy atom. The molecule has 0 fully saturated rings. The molecule has 5 heteroatoms. The average Bonchev–Trinajstić information content (AvgIpc) is 2.93. The maximum atomic E-state index is 5.73. The van der Waals surface area contributed by atoms with E-state index in [0.717, 1.165) is 29.6 Å². The minimum absolute atomic E-state index is 0.103. The molecular weight excluding hydrogens is 262 g/mol. The molecule has 1 unspecified atom stereocenters. The van der Waals surface area contributed by atoms with Crippen molar-refractivity contribution in [1.29, 1.82) is 0 Å². The molecule has 0 aliphatic heterocycles. The highest BCUT2D eigenvalue weighted by atomic mass is 15.2. The monoisotopic (exact) mass is 281 g/mol. The van der Waals surface area contributed by atoms with Crippen LogP contribution in [-0.4, -0.2) is 14.5 Å². The Morgan fingerprint density at radius 3 is 2.90 bits per heavy atom. The summed E-state index contributed by atoms with van der Waals surface area (Å²) in [7, 11) is 2.01. The number of hydrogen-bond acceptors (Lipinski definition) is 4. The van der Waals surface area contributed by atoms with Crippen molar-refractivity contribution in [2.45, 2.75) is 18.9 Å². The molecule has 2 aromatic heterocycles. The lowest BCUT2D eigenvalue weighted by Crippen LogP contribution is -2.28. The third-order valence-corrected chi connectivity index (χ3v) is 3.81. The molecule has 5 nitrogen and oxygen atoms in total. The summed E-state index contributed by atoms with van der Waals surface area (Å²) in [6.07, 6.45) is 7.36. The van der Waals surface area contributed by atoms with Crippen molar-refractivity contribution < 1.29 is 0 Å². The van der Waals surface area contributed by atoms with Crippen molar-refractivity contribution >= 4 is 10.9 Å². The van der Waals surface area contributed by atoms with Gasteiger partial charge in [-0.2, -0.15) is 0 Å². The number of aromatic nitrogens is 3. The van der Waals surface area contributed by atoms with Crippen molar-refractivity contribution in [3.63, 3.8) is 0 Å². The highest BCUT2D eigenvalue weighted by Crippen LogP contribution is 2.22. The predicted octanol–water partition coefficient (Wildman–Crippen LogP) is 2.11. The van der Waals surface area contributed by atoms with Gasteiger partial charge in [-0.15, -0.1) is 0 Å². The SMILES string of the molecule is Cn1ccnc1CCC(NN)c1ccc2ncccc2c1. The third-order valence-electron chi connectivity index (χ3n) is 3.81. The lowest BCUT2D eigenvalue weighted by molar-refractivity contribution is 0.507. The van der Waals surface area contributed by atoms with Crippen LogP contribution in [0.4, 0.5) is 0 Å². The van der Waals surface area contributed by atoms with Gasteiger partial charge in [-0.05, 0) is 30.2 Å². The second-order valence-corrected chi connectivity index (χ2v) is 5.17. The van der Waals surface area contributed by atoms with Gasteiger partial charge < -0.3 is 4.57 Å². The van der Waals surface area contributed by atoms with E-state index in [2.05, 4.69) is 33.6 Å². The number of hydrazine groups is 1. The van der Waals surface area contributed by atoms with Crippen LogP contribution in [0.15, 0.2) is 48.9 Å². The molecule has 0 spiro atoms. The zero-order valence-electron chi connectivity index (χ0n) is 12.0. The minimum Gasteiger partial charge on any atom is -0.338 e.